The van der Waals surface area contributed by atoms with Crippen LogP contribution < -0.4 is 15.6 Å². The lowest BCUT2D eigenvalue weighted by atomic mass is 9.95. The second-order valence-corrected chi connectivity index (χ2v) is 11.1. The van der Waals surface area contributed by atoms with Crippen LogP contribution in [-0.2, 0) is 19.2 Å². The van der Waals surface area contributed by atoms with Crippen molar-refractivity contribution in [2.24, 2.45) is 5.29 Å². The maximum atomic E-state index is 13.3. The summed E-state index contributed by atoms with van der Waals surface area (Å²) in [6, 6.07) is 7.50. The van der Waals surface area contributed by atoms with E-state index in [2.05, 4.69) is 15.9 Å². The first-order valence-corrected chi connectivity index (χ1v) is 12.3. The van der Waals surface area contributed by atoms with Gasteiger partial charge in [-0.05, 0) is 55.8 Å². The van der Waals surface area contributed by atoms with Gasteiger partial charge in [0.25, 0.3) is 0 Å². The largest absolute Gasteiger partial charge is 0.508 e. The molecule has 2 aliphatic heterocycles. The number of carboxylic acid groups (broad SMARTS) is 1. The predicted molar refractivity (Wildman–Crippen MR) is 136 cm³/mol. The van der Waals surface area contributed by atoms with Gasteiger partial charge in [0.05, 0.1) is 11.0 Å². The summed E-state index contributed by atoms with van der Waals surface area (Å²) < 4.78 is -0.782. The first-order chi connectivity index (χ1) is 17.9. The Kier molecular flexibility index (Phi) is 7.18. The molecular formula is C24H25N5O8S. The predicted octanol–water partition coefficient (Wildman–Crippen LogP) is 1.07. The number of nitrogens with zero attached hydrogens (tertiary/aromatic N) is 3. The van der Waals surface area contributed by atoms with Gasteiger partial charge < -0.3 is 30.9 Å². The van der Waals surface area contributed by atoms with Crippen LogP contribution in [0.25, 0.3) is 0 Å². The minimum absolute atomic E-state index is 0.0456. The summed E-state index contributed by atoms with van der Waals surface area (Å²) in [7, 11) is 0. The Hall–Kier alpha value is -4.33. The molecule has 2 saturated heterocycles. The van der Waals surface area contributed by atoms with Crippen molar-refractivity contribution in [3.05, 3.63) is 59.0 Å². The highest BCUT2D eigenvalue weighted by atomic mass is 32.2. The van der Waals surface area contributed by atoms with Gasteiger partial charge in [-0.1, -0.05) is 12.1 Å². The summed E-state index contributed by atoms with van der Waals surface area (Å²) in [6.45, 7) is 2.86. The third-order valence-corrected chi connectivity index (χ3v) is 7.88. The van der Waals surface area contributed by atoms with Gasteiger partial charge in [0.1, 0.15) is 41.5 Å². The lowest BCUT2D eigenvalue weighted by Crippen LogP contribution is -2.71. The first-order valence-electron chi connectivity index (χ1n) is 11.4. The van der Waals surface area contributed by atoms with Gasteiger partial charge in [-0.15, -0.1) is 16.7 Å². The fraction of sp³-hybridized carbons (Fsp3) is 0.333. The number of hydrogen-bond acceptors (Lipinski definition) is 9. The molecule has 38 heavy (non-hydrogen) atoms. The van der Waals surface area contributed by atoms with Crippen molar-refractivity contribution in [1.82, 2.24) is 15.5 Å². The minimum Gasteiger partial charge on any atom is -0.508 e. The standard InChI is InChI=1S/C24H25N5O8S/c1-24(2)19(23(35)36)29-21(34)18(22(29)38-24)26-20(33)17(12-3-7-14(30)8-4-12)25-16(32)11-28(27-37)13-5-9-15(31)10-6-13/h3-10,17-19,22,30-31H,11H2,1-2H3,(H,25,32)(H,26,33)(H,35,36)/t17?,18-,19+,22-/m1/s1. The van der Waals surface area contributed by atoms with Gasteiger partial charge in [-0.2, -0.15) is 0 Å². The number of phenolic OH excluding ortho intramolecular Hbond substituents is 2. The van der Waals surface area contributed by atoms with E-state index in [1.807, 2.05) is 0 Å². The average molecular weight is 544 g/mol. The fourth-order valence-electron chi connectivity index (χ4n) is 4.48. The topological polar surface area (TPSA) is 189 Å². The number of nitroso groups, excluding NO2 is 1. The molecule has 13 nitrogen and oxygen atoms in total. The number of rotatable bonds is 9. The van der Waals surface area contributed by atoms with E-state index in [4.69, 9.17) is 0 Å². The summed E-state index contributed by atoms with van der Waals surface area (Å²) in [6.07, 6.45) is 0. The number of β-lactam (4-membered cyclic amide) rings is 1. The molecule has 2 fully saturated rings. The Morgan fingerprint density at radius 1 is 1.08 bits per heavy atom. The van der Waals surface area contributed by atoms with Crippen LogP contribution in [0.5, 0.6) is 11.5 Å². The van der Waals surface area contributed by atoms with Crippen LogP contribution in [0.15, 0.2) is 53.8 Å². The van der Waals surface area contributed by atoms with E-state index in [1.165, 1.54) is 65.2 Å². The summed E-state index contributed by atoms with van der Waals surface area (Å²) in [5.41, 5.74) is 0.517. The van der Waals surface area contributed by atoms with E-state index in [1.54, 1.807) is 13.8 Å². The normalized spacial score (nSPS) is 22.0. The van der Waals surface area contributed by atoms with E-state index in [0.29, 0.717) is 0 Å². The molecule has 2 aromatic rings. The van der Waals surface area contributed by atoms with Gasteiger partial charge in [0, 0.05) is 4.75 Å². The Morgan fingerprint density at radius 2 is 1.66 bits per heavy atom. The van der Waals surface area contributed by atoms with E-state index < -0.39 is 58.5 Å². The maximum Gasteiger partial charge on any atom is 0.327 e. The third-order valence-electron chi connectivity index (χ3n) is 6.31. The van der Waals surface area contributed by atoms with Crippen LogP contribution in [0.2, 0.25) is 0 Å². The van der Waals surface area contributed by atoms with Crippen molar-refractivity contribution in [2.75, 3.05) is 11.6 Å². The lowest BCUT2D eigenvalue weighted by molar-refractivity contribution is -0.161. The molecule has 0 aliphatic carbocycles. The number of hydrogen-bond donors (Lipinski definition) is 5. The Morgan fingerprint density at radius 3 is 2.21 bits per heavy atom. The van der Waals surface area contributed by atoms with Crippen LogP contribution >= 0.6 is 11.8 Å². The third kappa shape index (κ3) is 5.07. The van der Waals surface area contributed by atoms with Crippen LogP contribution in [0.4, 0.5) is 5.69 Å². The molecule has 200 valence electrons. The summed E-state index contributed by atoms with van der Waals surface area (Å²) in [4.78, 5) is 63.3. The molecule has 0 radical (unpaired) electrons. The first kappa shape index (κ1) is 26.7. The van der Waals surface area contributed by atoms with Gasteiger partial charge in [0.2, 0.25) is 17.7 Å². The minimum atomic E-state index is -1.31. The van der Waals surface area contributed by atoms with Crippen molar-refractivity contribution in [3.8, 4) is 11.5 Å². The number of fused-ring (bicyclic) bond motifs is 1. The number of carbonyl (C=O) groups is 4. The van der Waals surface area contributed by atoms with E-state index in [0.717, 1.165) is 5.01 Å². The van der Waals surface area contributed by atoms with Crippen molar-refractivity contribution in [3.63, 3.8) is 0 Å². The maximum absolute atomic E-state index is 13.3. The lowest BCUT2D eigenvalue weighted by Gasteiger charge is -2.44. The molecule has 0 bridgehead atoms. The molecule has 5 N–H and O–H groups in total. The number of aromatic hydroxyl groups is 2. The SMILES string of the molecule is CC1(C)S[C@@H]2[C@H](NC(=O)C(NC(=O)CN(N=O)c3ccc(O)cc3)c3ccc(O)cc3)C(=O)N2[C@H]1C(=O)O. The molecule has 2 aromatic carbocycles. The highest BCUT2D eigenvalue weighted by Crippen LogP contribution is 2.50. The second-order valence-electron chi connectivity index (χ2n) is 9.33. The number of benzene rings is 2. The van der Waals surface area contributed by atoms with Gasteiger partial charge in [-0.25, -0.2) is 9.80 Å². The van der Waals surface area contributed by atoms with Crippen molar-refractivity contribution >= 4 is 41.1 Å². The van der Waals surface area contributed by atoms with Crippen molar-refractivity contribution in [2.45, 2.75) is 42.1 Å². The monoisotopic (exact) mass is 543 g/mol. The smallest absolute Gasteiger partial charge is 0.327 e. The van der Waals surface area contributed by atoms with Crippen molar-refractivity contribution < 1.29 is 34.5 Å². The number of amides is 3. The number of thioether (sulfide) groups is 1. The number of nitrogens with one attached hydrogen (secondary N) is 2. The number of carboxylic acids is 1. The zero-order chi connectivity index (χ0) is 27.8. The molecule has 2 aliphatic rings. The highest BCUT2D eigenvalue weighted by molar-refractivity contribution is 8.01. The van der Waals surface area contributed by atoms with Crippen LogP contribution in [0.1, 0.15) is 25.5 Å². The summed E-state index contributed by atoms with van der Waals surface area (Å²) in [5.74, 6) is -3.30. The quantitative estimate of drug-likeness (QED) is 0.174. The van der Waals surface area contributed by atoms with Crippen LogP contribution in [-0.4, -0.2) is 72.7 Å². The van der Waals surface area contributed by atoms with E-state index >= 15 is 0 Å². The Bertz CT molecular complexity index is 1270. The fourth-order valence-corrected chi connectivity index (χ4v) is 6.11. The second kappa shape index (κ2) is 10.2. The highest BCUT2D eigenvalue weighted by Gasteiger charge is 2.64. The Balaban J connectivity index is 1.51. The summed E-state index contributed by atoms with van der Waals surface area (Å²) in [5, 5.41) is 36.9. The molecule has 4 atom stereocenters. The molecule has 0 aromatic heterocycles. The molecule has 0 saturated carbocycles. The zero-order valence-corrected chi connectivity index (χ0v) is 21.1. The number of anilines is 1. The summed E-state index contributed by atoms with van der Waals surface area (Å²) >= 11 is 1.26. The number of aliphatic carboxylic acids is 1. The van der Waals surface area contributed by atoms with Crippen molar-refractivity contribution in [1.29, 1.82) is 0 Å². The number of phenols is 2. The molecule has 1 unspecified atom stereocenters. The molecular weight excluding hydrogens is 518 g/mol. The number of carbonyl (C=O) groups excluding carboxylic acids is 3. The molecule has 14 heteroatoms. The molecule has 0 spiro atoms. The zero-order valence-electron chi connectivity index (χ0n) is 20.3. The molecule has 4 rings (SSSR count). The van der Waals surface area contributed by atoms with E-state index in [-0.39, 0.29) is 22.7 Å². The van der Waals surface area contributed by atoms with Gasteiger partial charge >= 0.3 is 5.97 Å². The average Bonchev–Trinajstić information content (AvgIpc) is 3.13. The van der Waals surface area contributed by atoms with Crippen LogP contribution in [0.3, 0.4) is 0 Å². The van der Waals surface area contributed by atoms with Gasteiger partial charge in [0.15, 0.2) is 0 Å². The molecule has 3 amide bonds. The van der Waals surface area contributed by atoms with Crippen LogP contribution in [0, 0.1) is 4.91 Å². The molecule has 2 heterocycles. The van der Waals surface area contributed by atoms with E-state index in [9.17, 15) is 39.4 Å². The Labute approximate surface area is 220 Å². The van der Waals surface area contributed by atoms with Gasteiger partial charge in [-0.3, -0.25) is 14.4 Å².